The zero-order valence-corrected chi connectivity index (χ0v) is 8.62. The Morgan fingerprint density at radius 1 is 1.17 bits per heavy atom. The minimum absolute atomic E-state index is 0. The second-order valence-corrected chi connectivity index (χ2v) is 3.26. The summed E-state index contributed by atoms with van der Waals surface area (Å²) in [6.45, 7) is 2.11. The van der Waals surface area contributed by atoms with Crippen molar-refractivity contribution in [2.75, 3.05) is 0 Å². The van der Waals surface area contributed by atoms with E-state index >= 15 is 0 Å². The molecule has 3 N–H and O–H groups in total. The molecule has 0 bridgehead atoms. The second-order valence-electron chi connectivity index (χ2n) is 2.45. The van der Waals surface area contributed by atoms with Gasteiger partial charge in [-0.1, -0.05) is 42.6 Å². The van der Waals surface area contributed by atoms with Gasteiger partial charge in [0.1, 0.15) is 0 Å². The van der Waals surface area contributed by atoms with Crippen LogP contribution in [0.1, 0.15) is 18.9 Å². The lowest BCUT2D eigenvalue weighted by atomic mass is 10.1. The third-order valence-corrected chi connectivity index (χ3v) is 2.27. The Hall–Kier alpha value is -0.240. The van der Waals surface area contributed by atoms with Gasteiger partial charge in [0.2, 0.25) is 0 Å². The van der Waals surface area contributed by atoms with Crippen molar-refractivity contribution in [1.82, 2.24) is 6.15 Å². The highest BCUT2D eigenvalue weighted by Gasteiger charge is 2.02. The molecular formula is C9H13Cl2N. The van der Waals surface area contributed by atoms with E-state index in [2.05, 4.69) is 6.92 Å². The van der Waals surface area contributed by atoms with Crippen LogP contribution in [0.2, 0.25) is 10.0 Å². The molecule has 0 aliphatic carbocycles. The number of rotatable bonds is 2. The molecule has 0 amide bonds. The lowest BCUT2D eigenvalue weighted by Crippen LogP contribution is -1.85. The first kappa shape index (κ1) is 11.8. The van der Waals surface area contributed by atoms with Gasteiger partial charge in [-0.25, -0.2) is 0 Å². The van der Waals surface area contributed by atoms with Gasteiger partial charge in [-0.2, -0.15) is 0 Å². The van der Waals surface area contributed by atoms with Gasteiger partial charge in [0, 0.05) is 10.0 Å². The number of benzene rings is 1. The standard InChI is InChI=1S/C9H10Cl2.H3N/c1-2-4-7-8(10)5-3-6-9(7)11;/h3,5-6H,2,4H2,1H3;1H3. The summed E-state index contributed by atoms with van der Waals surface area (Å²) in [6, 6.07) is 5.61. The van der Waals surface area contributed by atoms with E-state index in [1.807, 2.05) is 18.2 Å². The van der Waals surface area contributed by atoms with Crippen molar-refractivity contribution in [3.63, 3.8) is 0 Å². The molecule has 3 heteroatoms. The van der Waals surface area contributed by atoms with Crippen molar-refractivity contribution < 1.29 is 0 Å². The van der Waals surface area contributed by atoms with Crippen molar-refractivity contribution in [2.24, 2.45) is 0 Å². The molecule has 1 aromatic rings. The molecular weight excluding hydrogens is 193 g/mol. The van der Waals surface area contributed by atoms with Crippen molar-refractivity contribution in [1.29, 1.82) is 0 Å². The summed E-state index contributed by atoms with van der Waals surface area (Å²) in [5, 5.41) is 1.55. The zero-order valence-electron chi connectivity index (χ0n) is 7.11. The van der Waals surface area contributed by atoms with Crippen LogP contribution in [-0.2, 0) is 6.42 Å². The zero-order chi connectivity index (χ0) is 8.27. The van der Waals surface area contributed by atoms with Gasteiger partial charge in [-0.05, 0) is 24.1 Å². The molecule has 12 heavy (non-hydrogen) atoms. The molecule has 0 fully saturated rings. The first-order valence-corrected chi connectivity index (χ1v) is 4.44. The fourth-order valence-electron chi connectivity index (χ4n) is 1.02. The molecule has 0 saturated heterocycles. The maximum absolute atomic E-state index is 5.92. The molecule has 1 aromatic carbocycles. The average molecular weight is 206 g/mol. The Morgan fingerprint density at radius 2 is 1.67 bits per heavy atom. The van der Waals surface area contributed by atoms with Crippen LogP contribution in [0.3, 0.4) is 0 Å². The van der Waals surface area contributed by atoms with E-state index in [0.717, 1.165) is 28.5 Å². The highest BCUT2D eigenvalue weighted by Crippen LogP contribution is 2.25. The monoisotopic (exact) mass is 205 g/mol. The molecule has 0 spiro atoms. The minimum Gasteiger partial charge on any atom is -0.344 e. The van der Waals surface area contributed by atoms with Crippen LogP contribution >= 0.6 is 23.2 Å². The first-order chi connectivity index (χ1) is 5.25. The fraction of sp³-hybridized carbons (Fsp3) is 0.333. The van der Waals surface area contributed by atoms with Crippen LogP contribution in [0.5, 0.6) is 0 Å². The van der Waals surface area contributed by atoms with Crippen LogP contribution in [0.15, 0.2) is 18.2 Å². The average Bonchev–Trinajstić information content (AvgIpc) is 1.97. The maximum Gasteiger partial charge on any atom is 0.0452 e. The van der Waals surface area contributed by atoms with E-state index in [9.17, 15) is 0 Å². The van der Waals surface area contributed by atoms with Gasteiger partial charge in [0.05, 0.1) is 0 Å². The van der Waals surface area contributed by atoms with Crippen LogP contribution in [0.25, 0.3) is 0 Å². The molecule has 1 nitrogen and oxygen atoms in total. The maximum atomic E-state index is 5.92. The van der Waals surface area contributed by atoms with E-state index in [1.54, 1.807) is 0 Å². The summed E-state index contributed by atoms with van der Waals surface area (Å²) in [6.07, 6.45) is 2.03. The minimum atomic E-state index is 0. The summed E-state index contributed by atoms with van der Waals surface area (Å²) in [5.74, 6) is 0. The Bertz CT molecular complexity index is 228. The van der Waals surface area contributed by atoms with Crippen molar-refractivity contribution in [3.05, 3.63) is 33.8 Å². The van der Waals surface area contributed by atoms with Gasteiger partial charge >= 0.3 is 0 Å². The predicted molar refractivity (Wildman–Crippen MR) is 55.5 cm³/mol. The topological polar surface area (TPSA) is 35.0 Å². The molecule has 0 saturated carbocycles. The summed E-state index contributed by atoms with van der Waals surface area (Å²) in [7, 11) is 0. The molecule has 0 aliphatic rings. The summed E-state index contributed by atoms with van der Waals surface area (Å²) in [4.78, 5) is 0. The predicted octanol–water partition coefficient (Wildman–Crippen LogP) is 4.11. The van der Waals surface area contributed by atoms with Crippen LogP contribution in [0.4, 0.5) is 0 Å². The summed E-state index contributed by atoms with van der Waals surface area (Å²) < 4.78 is 0. The van der Waals surface area contributed by atoms with Crippen LogP contribution < -0.4 is 6.15 Å². The van der Waals surface area contributed by atoms with Crippen LogP contribution in [-0.4, -0.2) is 0 Å². The van der Waals surface area contributed by atoms with Crippen molar-refractivity contribution >= 4 is 23.2 Å². The molecule has 1 rings (SSSR count). The molecule has 0 unspecified atom stereocenters. The van der Waals surface area contributed by atoms with E-state index in [0.29, 0.717) is 0 Å². The van der Waals surface area contributed by atoms with E-state index < -0.39 is 0 Å². The Balaban J connectivity index is 0.00000121. The quantitative estimate of drug-likeness (QED) is 0.776. The summed E-state index contributed by atoms with van der Waals surface area (Å²) >= 11 is 11.8. The van der Waals surface area contributed by atoms with E-state index in [-0.39, 0.29) is 6.15 Å². The third-order valence-electron chi connectivity index (χ3n) is 1.56. The largest absolute Gasteiger partial charge is 0.344 e. The van der Waals surface area contributed by atoms with Crippen molar-refractivity contribution in [3.8, 4) is 0 Å². The SMILES string of the molecule is CCCc1c(Cl)cccc1Cl.N. The highest BCUT2D eigenvalue weighted by molar-refractivity contribution is 6.35. The van der Waals surface area contributed by atoms with Gasteiger partial charge < -0.3 is 6.15 Å². The lowest BCUT2D eigenvalue weighted by Gasteiger charge is -2.03. The Morgan fingerprint density at radius 3 is 2.08 bits per heavy atom. The number of hydrogen-bond acceptors (Lipinski definition) is 1. The summed E-state index contributed by atoms with van der Waals surface area (Å²) in [5.41, 5.74) is 1.07. The normalized spacial score (nSPS) is 9.25. The van der Waals surface area contributed by atoms with Gasteiger partial charge in [-0.15, -0.1) is 0 Å². The van der Waals surface area contributed by atoms with Gasteiger partial charge in [0.25, 0.3) is 0 Å². The first-order valence-electron chi connectivity index (χ1n) is 3.68. The Labute approximate surface area is 83.3 Å². The fourth-order valence-corrected chi connectivity index (χ4v) is 1.61. The molecule has 0 aromatic heterocycles. The van der Waals surface area contributed by atoms with E-state index in [4.69, 9.17) is 23.2 Å². The van der Waals surface area contributed by atoms with Crippen molar-refractivity contribution in [2.45, 2.75) is 19.8 Å². The third kappa shape index (κ3) is 2.67. The van der Waals surface area contributed by atoms with Gasteiger partial charge in [0.15, 0.2) is 0 Å². The van der Waals surface area contributed by atoms with E-state index in [1.165, 1.54) is 0 Å². The lowest BCUT2D eigenvalue weighted by molar-refractivity contribution is 0.922. The number of hydrogen-bond donors (Lipinski definition) is 1. The molecule has 0 radical (unpaired) electrons. The highest BCUT2D eigenvalue weighted by atomic mass is 35.5. The van der Waals surface area contributed by atoms with Gasteiger partial charge in [-0.3, -0.25) is 0 Å². The van der Waals surface area contributed by atoms with Crippen LogP contribution in [0, 0.1) is 0 Å². The molecule has 0 aliphatic heterocycles. The smallest absolute Gasteiger partial charge is 0.0452 e. The molecule has 0 atom stereocenters. The second kappa shape index (κ2) is 5.41. The number of halogens is 2. The molecule has 0 heterocycles. The Kier molecular flexibility index (Phi) is 5.31. The molecule has 68 valence electrons.